The second-order valence-electron chi connectivity index (χ2n) is 10.7. The number of hydrogen-bond donors (Lipinski definition) is 1. The molecule has 194 valence electrons. The molecule has 37 heavy (non-hydrogen) atoms. The van der Waals surface area contributed by atoms with Crippen molar-refractivity contribution in [3.63, 3.8) is 0 Å². The highest BCUT2D eigenvalue weighted by Gasteiger charge is 2.36. The summed E-state index contributed by atoms with van der Waals surface area (Å²) < 4.78 is 0. The Bertz CT molecular complexity index is 1230. The fraction of sp³-hybridized carbons (Fsp3) is 0.433. The summed E-state index contributed by atoms with van der Waals surface area (Å²) in [7, 11) is 0. The minimum absolute atomic E-state index is 0.0101. The minimum atomic E-state index is -0.102. The van der Waals surface area contributed by atoms with E-state index in [4.69, 9.17) is 9.97 Å². The van der Waals surface area contributed by atoms with Gasteiger partial charge in [-0.25, -0.2) is 4.98 Å². The molecule has 0 aliphatic carbocycles. The first-order valence-electron chi connectivity index (χ1n) is 13.4. The van der Waals surface area contributed by atoms with Gasteiger partial charge in [0.2, 0.25) is 5.95 Å². The number of benzene rings is 2. The van der Waals surface area contributed by atoms with Gasteiger partial charge in [-0.1, -0.05) is 60.2 Å². The van der Waals surface area contributed by atoms with E-state index >= 15 is 0 Å². The van der Waals surface area contributed by atoms with Crippen LogP contribution in [0.1, 0.15) is 66.5 Å². The first-order valence-corrected chi connectivity index (χ1v) is 13.4. The maximum atomic E-state index is 13.4. The molecule has 2 aliphatic heterocycles. The zero-order valence-corrected chi connectivity index (χ0v) is 22.6. The maximum absolute atomic E-state index is 13.4. The van der Waals surface area contributed by atoms with Crippen LogP contribution in [0.3, 0.4) is 0 Å². The van der Waals surface area contributed by atoms with E-state index in [0.717, 1.165) is 48.7 Å². The number of carbonyl (C=O) groups excluding carboxylic acids is 1. The molecule has 1 amide bonds. The molecule has 0 saturated carbocycles. The molecule has 1 aromatic heterocycles. The standard InChI is InChI=1S/C30H38N6O/c1-20(2)34-15-17-35(18-16-34)30-32-27-25(19-36(21(3)4)29(27)37)28(33-30)31-26(23-9-7-6-8-10-23)24-13-11-22(5)12-14-24/h6-14,20-21,26H,15-19H2,1-5H3,(H,31,32,33). The number of nitrogens with one attached hydrogen (secondary N) is 1. The fourth-order valence-electron chi connectivity index (χ4n) is 5.19. The number of anilines is 2. The molecular weight excluding hydrogens is 460 g/mol. The predicted molar refractivity (Wildman–Crippen MR) is 149 cm³/mol. The van der Waals surface area contributed by atoms with Crippen LogP contribution in [0, 0.1) is 6.92 Å². The Kier molecular flexibility index (Phi) is 7.15. The molecule has 7 nitrogen and oxygen atoms in total. The summed E-state index contributed by atoms with van der Waals surface area (Å²) in [4.78, 5) is 29.9. The van der Waals surface area contributed by atoms with Crippen LogP contribution in [0.25, 0.3) is 0 Å². The summed E-state index contributed by atoms with van der Waals surface area (Å²) in [6.07, 6.45) is 0. The van der Waals surface area contributed by atoms with Gasteiger partial charge in [-0.15, -0.1) is 0 Å². The van der Waals surface area contributed by atoms with Crippen molar-refractivity contribution < 1.29 is 4.79 Å². The number of aryl methyl sites for hydroxylation is 1. The van der Waals surface area contributed by atoms with Crippen LogP contribution in [0.2, 0.25) is 0 Å². The number of amides is 1. The third-order valence-electron chi connectivity index (χ3n) is 7.56. The largest absolute Gasteiger partial charge is 0.359 e. The van der Waals surface area contributed by atoms with Crippen molar-refractivity contribution in [2.75, 3.05) is 36.4 Å². The summed E-state index contributed by atoms with van der Waals surface area (Å²) in [5, 5.41) is 3.75. The molecule has 7 heteroatoms. The van der Waals surface area contributed by atoms with E-state index in [9.17, 15) is 4.79 Å². The van der Waals surface area contributed by atoms with Gasteiger partial charge in [0, 0.05) is 43.8 Å². The second kappa shape index (κ2) is 10.5. The average Bonchev–Trinajstić information content (AvgIpc) is 3.25. The molecule has 5 rings (SSSR count). The van der Waals surface area contributed by atoms with Gasteiger partial charge in [-0.2, -0.15) is 4.98 Å². The molecular formula is C30H38N6O. The molecule has 0 radical (unpaired) electrons. The number of aromatic nitrogens is 2. The lowest BCUT2D eigenvalue weighted by Crippen LogP contribution is -2.49. The molecule has 2 aromatic carbocycles. The summed E-state index contributed by atoms with van der Waals surface area (Å²) >= 11 is 0. The smallest absolute Gasteiger partial charge is 0.273 e. The number of nitrogens with zero attached hydrogens (tertiary/aromatic N) is 5. The predicted octanol–water partition coefficient (Wildman–Crippen LogP) is 4.88. The SMILES string of the molecule is Cc1ccc(C(Nc2nc(N3CCN(C(C)C)CC3)nc3c2CN(C(C)C)C3=O)c2ccccc2)cc1. The van der Waals surface area contributed by atoms with Crippen LogP contribution in [-0.2, 0) is 6.54 Å². The molecule has 1 atom stereocenters. The van der Waals surface area contributed by atoms with E-state index in [0.29, 0.717) is 24.2 Å². The van der Waals surface area contributed by atoms with Crippen molar-refractivity contribution in [3.8, 4) is 0 Å². The Morgan fingerprint density at radius 1 is 0.811 bits per heavy atom. The number of piperazine rings is 1. The molecule has 3 aromatic rings. The molecule has 1 N–H and O–H groups in total. The molecule has 1 saturated heterocycles. The highest BCUT2D eigenvalue weighted by molar-refractivity contribution is 5.98. The van der Waals surface area contributed by atoms with Crippen LogP contribution in [0.4, 0.5) is 11.8 Å². The van der Waals surface area contributed by atoms with Gasteiger partial charge in [0.05, 0.1) is 12.6 Å². The van der Waals surface area contributed by atoms with E-state index in [1.807, 2.05) is 11.0 Å². The number of hydrogen-bond acceptors (Lipinski definition) is 6. The van der Waals surface area contributed by atoms with Gasteiger partial charge in [-0.3, -0.25) is 9.69 Å². The van der Waals surface area contributed by atoms with E-state index in [2.05, 4.69) is 98.3 Å². The van der Waals surface area contributed by atoms with Crippen molar-refractivity contribution in [1.29, 1.82) is 0 Å². The zero-order valence-electron chi connectivity index (χ0n) is 22.6. The molecule has 2 aliphatic rings. The van der Waals surface area contributed by atoms with E-state index in [1.54, 1.807) is 0 Å². The Hall–Kier alpha value is -3.45. The van der Waals surface area contributed by atoms with E-state index < -0.39 is 0 Å². The van der Waals surface area contributed by atoms with Crippen molar-refractivity contribution in [2.45, 2.75) is 59.3 Å². The fourth-order valence-corrected chi connectivity index (χ4v) is 5.19. The lowest BCUT2D eigenvalue weighted by molar-refractivity contribution is 0.0726. The molecule has 3 heterocycles. The molecule has 0 bridgehead atoms. The average molecular weight is 499 g/mol. The van der Waals surface area contributed by atoms with Gasteiger partial charge >= 0.3 is 0 Å². The Labute approximate surface area is 220 Å². The second-order valence-corrected chi connectivity index (χ2v) is 10.7. The Balaban J connectivity index is 1.55. The molecule has 1 unspecified atom stereocenters. The third kappa shape index (κ3) is 5.18. The van der Waals surface area contributed by atoms with E-state index in [1.165, 1.54) is 5.56 Å². The van der Waals surface area contributed by atoms with Crippen molar-refractivity contribution in [2.24, 2.45) is 0 Å². The topological polar surface area (TPSA) is 64.6 Å². The van der Waals surface area contributed by atoms with Crippen molar-refractivity contribution >= 4 is 17.7 Å². The van der Waals surface area contributed by atoms with Gasteiger partial charge < -0.3 is 15.1 Å². The number of carbonyl (C=O) groups is 1. The highest BCUT2D eigenvalue weighted by atomic mass is 16.2. The van der Waals surface area contributed by atoms with Gasteiger partial charge in [0.1, 0.15) is 11.5 Å². The summed E-state index contributed by atoms with van der Waals surface area (Å²) in [6, 6.07) is 19.5. The van der Waals surface area contributed by atoms with Gasteiger partial charge in [0.15, 0.2) is 0 Å². The van der Waals surface area contributed by atoms with Crippen molar-refractivity contribution in [3.05, 3.63) is 82.5 Å². The van der Waals surface area contributed by atoms with Crippen LogP contribution >= 0.6 is 0 Å². The number of fused-ring (bicyclic) bond motifs is 1. The van der Waals surface area contributed by atoms with Crippen LogP contribution < -0.4 is 10.2 Å². The normalized spacial score (nSPS) is 17.0. The van der Waals surface area contributed by atoms with Gasteiger partial charge in [-0.05, 0) is 45.7 Å². The van der Waals surface area contributed by atoms with Crippen molar-refractivity contribution in [1.82, 2.24) is 19.8 Å². The molecule has 0 spiro atoms. The maximum Gasteiger partial charge on any atom is 0.273 e. The molecule has 1 fully saturated rings. The summed E-state index contributed by atoms with van der Waals surface area (Å²) in [6.45, 7) is 14.8. The van der Waals surface area contributed by atoms with Crippen LogP contribution in [-0.4, -0.2) is 63.9 Å². The highest BCUT2D eigenvalue weighted by Crippen LogP contribution is 2.34. The third-order valence-corrected chi connectivity index (χ3v) is 7.56. The Morgan fingerprint density at radius 2 is 1.46 bits per heavy atom. The quantitative estimate of drug-likeness (QED) is 0.501. The first kappa shape index (κ1) is 25.2. The lowest BCUT2D eigenvalue weighted by Gasteiger charge is -2.37. The summed E-state index contributed by atoms with van der Waals surface area (Å²) in [5.74, 6) is 1.38. The first-order chi connectivity index (χ1) is 17.8. The monoisotopic (exact) mass is 498 g/mol. The summed E-state index contributed by atoms with van der Waals surface area (Å²) in [5.41, 5.74) is 4.94. The van der Waals surface area contributed by atoms with E-state index in [-0.39, 0.29) is 18.0 Å². The Morgan fingerprint density at radius 3 is 2.08 bits per heavy atom. The zero-order chi connectivity index (χ0) is 26.1. The minimum Gasteiger partial charge on any atom is -0.359 e. The van der Waals surface area contributed by atoms with Gasteiger partial charge in [0.25, 0.3) is 5.91 Å². The number of rotatable bonds is 7. The lowest BCUT2D eigenvalue weighted by atomic mass is 9.97. The van der Waals surface area contributed by atoms with Crippen LogP contribution in [0.15, 0.2) is 54.6 Å². The van der Waals surface area contributed by atoms with Crippen LogP contribution in [0.5, 0.6) is 0 Å².